The molecule has 0 spiro atoms. The number of carbonyl (C=O) groups is 5. The van der Waals surface area contributed by atoms with E-state index in [4.69, 9.17) is 23.7 Å². The highest BCUT2D eigenvalue weighted by molar-refractivity contribution is 6.39. The van der Waals surface area contributed by atoms with Gasteiger partial charge in [0.15, 0.2) is 12.1 Å². The number of esters is 1. The summed E-state index contributed by atoms with van der Waals surface area (Å²) in [4.78, 5) is 73.9. The van der Waals surface area contributed by atoms with Gasteiger partial charge >= 0.3 is 5.97 Å². The fraction of sp³-hybridized carbons (Fsp3) is 0.731. The number of carbonyl (C=O) groups excluding carboxylic acids is 5. The lowest BCUT2D eigenvalue weighted by molar-refractivity contribution is -0.265. The Morgan fingerprint density at radius 2 is 1.64 bits per heavy atom. The van der Waals surface area contributed by atoms with Gasteiger partial charge in [-0.1, -0.05) is 71.1 Å². The molecule has 0 aromatic carbocycles. The molecule has 2 bridgehead atoms. The summed E-state index contributed by atoms with van der Waals surface area (Å²) in [5.74, 6) is -7.94. The Morgan fingerprint density at radius 1 is 0.884 bits per heavy atom. The number of amides is 1. The van der Waals surface area contributed by atoms with Crippen LogP contribution in [0.4, 0.5) is 0 Å². The third kappa shape index (κ3) is 14.2. The van der Waals surface area contributed by atoms with E-state index in [9.17, 15) is 34.2 Å². The van der Waals surface area contributed by atoms with Gasteiger partial charge in [0.1, 0.15) is 30.1 Å². The molecule has 1 amide bonds. The number of aliphatic hydroxyl groups is 2. The molecule has 5 rings (SSSR count). The van der Waals surface area contributed by atoms with Gasteiger partial charge in [-0.25, -0.2) is 4.79 Å². The summed E-state index contributed by atoms with van der Waals surface area (Å²) in [5, 5.41) is 35.7. The Morgan fingerprint density at radius 3 is 2.32 bits per heavy atom. The number of methoxy groups -OCH3 is 3. The highest BCUT2D eigenvalue weighted by Gasteiger charge is 2.53. The Hall–Kier alpha value is -4.26. The predicted molar refractivity (Wildman–Crippen MR) is 256 cm³/mol. The van der Waals surface area contributed by atoms with Crippen molar-refractivity contribution in [3.05, 3.63) is 53.9 Å². The molecule has 1 aliphatic carbocycles. The monoisotopic (exact) mass is 966 g/mol. The van der Waals surface area contributed by atoms with Crippen LogP contribution in [-0.4, -0.2) is 141 Å². The number of tetrazole rings is 1. The topological polar surface area (TPSA) is 219 Å². The van der Waals surface area contributed by atoms with Crippen molar-refractivity contribution in [1.82, 2.24) is 25.1 Å². The molecule has 4 heterocycles. The Bertz CT molecular complexity index is 2020. The van der Waals surface area contributed by atoms with Crippen LogP contribution in [0.1, 0.15) is 132 Å². The first-order valence-electron chi connectivity index (χ1n) is 25.0. The van der Waals surface area contributed by atoms with Crippen molar-refractivity contribution in [1.29, 1.82) is 0 Å². The molecule has 1 aromatic heterocycles. The van der Waals surface area contributed by atoms with E-state index in [0.29, 0.717) is 56.9 Å². The Kier molecular flexibility index (Phi) is 20.8. The molecule has 3 fully saturated rings. The van der Waals surface area contributed by atoms with Crippen LogP contribution in [0, 0.1) is 35.5 Å². The number of Topliss-reactive ketones (excluding diaryl/α,β-unsaturated/α-hetero) is 3. The van der Waals surface area contributed by atoms with Crippen molar-refractivity contribution in [2.75, 3.05) is 27.9 Å². The zero-order valence-electron chi connectivity index (χ0n) is 42.5. The van der Waals surface area contributed by atoms with E-state index in [1.54, 1.807) is 45.9 Å². The van der Waals surface area contributed by atoms with E-state index in [1.165, 1.54) is 18.3 Å². The maximum Gasteiger partial charge on any atom is 0.329 e. The molecule has 0 radical (unpaired) electrons. The maximum absolute atomic E-state index is 14.5. The molecule has 69 heavy (non-hydrogen) atoms. The molecule has 384 valence electrons. The number of rotatable bonds is 7. The summed E-state index contributed by atoms with van der Waals surface area (Å²) in [6.45, 7) is 12.8. The maximum atomic E-state index is 14.5. The van der Waals surface area contributed by atoms with E-state index in [2.05, 4.69) is 15.4 Å². The molecule has 0 unspecified atom stereocenters. The number of hydrogen-bond donors (Lipinski definition) is 2. The second-order valence-electron chi connectivity index (χ2n) is 20.3. The highest BCUT2D eigenvalue weighted by atomic mass is 16.6. The lowest BCUT2D eigenvalue weighted by Crippen LogP contribution is -2.61. The van der Waals surface area contributed by atoms with Crippen LogP contribution in [0.15, 0.2) is 53.9 Å². The third-order valence-corrected chi connectivity index (χ3v) is 15.1. The molecule has 1 aromatic rings. The predicted octanol–water partition coefficient (Wildman–Crippen LogP) is 6.05. The normalized spacial score (nSPS) is 38.8. The second kappa shape index (κ2) is 25.7. The van der Waals surface area contributed by atoms with Gasteiger partial charge in [0.2, 0.25) is 5.79 Å². The van der Waals surface area contributed by atoms with Crippen molar-refractivity contribution in [3.8, 4) is 0 Å². The Balaban J connectivity index is 1.46. The zero-order valence-corrected chi connectivity index (χ0v) is 42.5. The summed E-state index contributed by atoms with van der Waals surface area (Å²) < 4.78 is 29.9. The average molecular weight is 966 g/mol. The minimum Gasteiger partial charge on any atom is -0.460 e. The number of aromatic nitrogens is 4. The van der Waals surface area contributed by atoms with Crippen LogP contribution in [0.2, 0.25) is 0 Å². The van der Waals surface area contributed by atoms with E-state index in [1.807, 2.05) is 58.1 Å². The zero-order chi connectivity index (χ0) is 50.6. The van der Waals surface area contributed by atoms with Gasteiger partial charge in [-0.3, -0.25) is 19.2 Å². The van der Waals surface area contributed by atoms with Gasteiger partial charge in [-0.15, -0.1) is 10.2 Å². The molecule has 15 atom stereocenters. The lowest BCUT2D eigenvalue weighted by atomic mass is 9.77. The number of fused-ring (bicyclic) bond motifs is 3. The van der Waals surface area contributed by atoms with E-state index >= 15 is 0 Å². The number of ether oxygens (including phenoxy) is 5. The largest absolute Gasteiger partial charge is 0.460 e. The van der Waals surface area contributed by atoms with Gasteiger partial charge < -0.3 is 38.8 Å². The molecule has 4 aliphatic rings. The summed E-state index contributed by atoms with van der Waals surface area (Å²) in [6.07, 6.45) is 13.7. The molecule has 17 nitrogen and oxygen atoms in total. The summed E-state index contributed by atoms with van der Waals surface area (Å²) in [6, 6.07) is -1.24. The van der Waals surface area contributed by atoms with Gasteiger partial charge in [0.25, 0.3) is 11.7 Å². The first-order valence-corrected chi connectivity index (χ1v) is 25.0. The molecule has 3 aliphatic heterocycles. The molecular weight excluding hydrogens is 887 g/mol. The van der Waals surface area contributed by atoms with Crippen molar-refractivity contribution >= 4 is 29.2 Å². The molecular formula is C52H79N5O12. The van der Waals surface area contributed by atoms with Gasteiger partial charge in [0.05, 0.1) is 24.4 Å². The van der Waals surface area contributed by atoms with Crippen molar-refractivity contribution in [3.63, 3.8) is 0 Å². The van der Waals surface area contributed by atoms with E-state index < -0.39 is 77.8 Å². The Labute approximate surface area is 408 Å². The highest BCUT2D eigenvalue weighted by Crippen LogP contribution is 2.39. The first-order chi connectivity index (χ1) is 32.8. The minimum atomic E-state index is -2.43. The smallest absolute Gasteiger partial charge is 0.329 e. The second-order valence-corrected chi connectivity index (χ2v) is 20.3. The number of allylic oxidation sites excluding steroid dienone is 6. The number of piperidine rings is 1. The molecule has 17 heteroatoms. The fourth-order valence-electron chi connectivity index (χ4n) is 10.7. The summed E-state index contributed by atoms with van der Waals surface area (Å²) >= 11 is 0. The van der Waals surface area contributed by atoms with Crippen molar-refractivity contribution in [2.45, 2.75) is 180 Å². The fourth-order valence-corrected chi connectivity index (χ4v) is 10.7. The summed E-state index contributed by atoms with van der Waals surface area (Å²) in [7, 11) is 4.61. The van der Waals surface area contributed by atoms with Crippen LogP contribution < -0.4 is 0 Å². The van der Waals surface area contributed by atoms with Gasteiger partial charge in [-0.05, 0) is 112 Å². The molecule has 2 saturated heterocycles. The number of ketones is 3. The SMILES string of the molecule is CO[C@H]1C[C@@H]2CC[C@@H](C)[C@@](O)(O2)C(=O)C(=O)N2CCCC[C@H]2C(=O)O[C@H]([C@H](C)C[C@@H]2CC[C@H](n3ncnn3)[C@H](OC)C2)CC(=O)[C@H](C)/C=C(\C)[C@@H](O)[C@@H](OC)C(=O)[C@H](C)C[C@H](C)/C=C/C=C/C=C/1C. The average Bonchev–Trinajstić information content (AvgIpc) is 3.88. The van der Waals surface area contributed by atoms with Crippen LogP contribution in [-0.2, 0) is 47.7 Å². The molecule has 2 N–H and O–H groups in total. The number of nitrogens with zero attached hydrogens (tertiary/aromatic N) is 5. The third-order valence-electron chi connectivity index (χ3n) is 15.1. The first kappa shape index (κ1) is 55.7. The van der Waals surface area contributed by atoms with Crippen LogP contribution >= 0.6 is 0 Å². The van der Waals surface area contributed by atoms with E-state index in [-0.39, 0.29) is 60.9 Å². The van der Waals surface area contributed by atoms with Gasteiger partial charge in [0, 0.05) is 58.5 Å². The number of hydrogen-bond acceptors (Lipinski definition) is 15. The van der Waals surface area contributed by atoms with Crippen LogP contribution in [0.5, 0.6) is 0 Å². The van der Waals surface area contributed by atoms with Crippen LogP contribution in [0.25, 0.3) is 0 Å². The standard InChI is InChI=1S/C52H79N5O12/c1-31-16-12-11-13-17-32(2)43(65-8)28-39-21-19-37(7)52(64,69-39)49(61)50(62)56-23-15-14-18-41(56)51(63)68-44(34(4)26-38-20-22-40(45(27-38)66-9)57-54-30-53-55-57)29-42(58)33(3)25-36(6)47(60)48(67-10)46(59)35(5)24-31/h11-13,16-17,25,30-31,33-35,37-41,43-45,47-48,60,64H,14-15,18-24,26-29H2,1-10H3/b13-11+,16-12+,32-17+,36-25+/t31-,33-,34-,35-,37-,38+,39+,40+,41+,43+,44+,45-,47-,48+,52-/m1/s1. The molecule has 1 saturated carbocycles. The number of cyclic esters (lactones) is 1. The summed E-state index contributed by atoms with van der Waals surface area (Å²) in [5.41, 5.74) is 1.27. The van der Waals surface area contributed by atoms with Crippen molar-refractivity contribution < 1.29 is 57.9 Å². The number of aliphatic hydroxyl groups excluding tert-OH is 1. The quantitative estimate of drug-likeness (QED) is 0.181. The van der Waals surface area contributed by atoms with Gasteiger partial charge in [-0.2, -0.15) is 4.80 Å². The lowest BCUT2D eigenvalue weighted by Gasteiger charge is -2.42. The minimum absolute atomic E-state index is 0.0168. The van der Waals surface area contributed by atoms with E-state index in [0.717, 1.165) is 18.4 Å². The van der Waals surface area contributed by atoms with Crippen LogP contribution in [0.3, 0.4) is 0 Å². The van der Waals surface area contributed by atoms with Crippen molar-refractivity contribution in [2.24, 2.45) is 35.5 Å².